The standard InChI is InChI=1S/C15H17Cl2NO/c16-15(17)12-8-4-5-9-13(12)18(14(15)19)10-11-6-2-1-3-7-11/h1-3,6-7,12-13H,4-5,8-10H2/t12-,13+/m0/s1. The minimum Gasteiger partial charge on any atom is -0.332 e. The predicted octanol–water partition coefficient (Wildman–Crippen LogP) is 3.76. The van der Waals surface area contributed by atoms with Crippen LogP contribution in [0.25, 0.3) is 0 Å². The molecule has 1 saturated carbocycles. The van der Waals surface area contributed by atoms with Gasteiger partial charge in [-0.3, -0.25) is 4.79 Å². The molecule has 4 heteroatoms. The zero-order valence-corrected chi connectivity index (χ0v) is 12.2. The summed E-state index contributed by atoms with van der Waals surface area (Å²) < 4.78 is -1.22. The molecule has 0 N–H and O–H groups in total. The molecule has 3 rings (SSSR count). The van der Waals surface area contributed by atoms with Crippen LogP contribution < -0.4 is 0 Å². The number of carbonyl (C=O) groups excluding carboxylic acids is 1. The number of alkyl halides is 2. The maximum Gasteiger partial charge on any atom is 0.259 e. The fraction of sp³-hybridized carbons (Fsp3) is 0.533. The van der Waals surface area contributed by atoms with E-state index >= 15 is 0 Å². The molecule has 0 aromatic heterocycles. The summed E-state index contributed by atoms with van der Waals surface area (Å²) in [6.07, 6.45) is 4.25. The molecular weight excluding hydrogens is 281 g/mol. The molecule has 0 unspecified atom stereocenters. The number of hydrogen-bond donors (Lipinski definition) is 0. The van der Waals surface area contributed by atoms with Gasteiger partial charge in [-0.2, -0.15) is 0 Å². The third-order valence-corrected chi connectivity index (χ3v) is 5.22. The summed E-state index contributed by atoms with van der Waals surface area (Å²) in [5.41, 5.74) is 1.13. The van der Waals surface area contributed by atoms with Crippen molar-refractivity contribution in [3.8, 4) is 0 Å². The molecule has 1 aliphatic carbocycles. The number of fused-ring (bicyclic) bond motifs is 1. The Morgan fingerprint density at radius 3 is 2.58 bits per heavy atom. The summed E-state index contributed by atoms with van der Waals surface area (Å²) in [5, 5.41) is 0. The lowest BCUT2D eigenvalue weighted by Gasteiger charge is -2.32. The van der Waals surface area contributed by atoms with E-state index in [0.717, 1.165) is 31.2 Å². The van der Waals surface area contributed by atoms with Gasteiger partial charge in [0.2, 0.25) is 4.33 Å². The molecular formula is C15H17Cl2NO. The lowest BCUT2D eigenvalue weighted by molar-refractivity contribution is -0.130. The molecule has 2 aliphatic rings. The quantitative estimate of drug-likeness (QED) is 0.761. The van der Waals surface area contributed by atoms with Crippen LogP contribution in [-0.4, -0.2) is 21.2 Å². The summed E-state index contributed by atoms with van der Waals surface area (Å²) in [4.78, 5) is 14.3. The highest BCUT2D eigenvalue weighted by Gasteiger charge is 2.57. The Hall–Kier alpha value is -0.730. The highest BCUT2D eigenvalue weighted by Crippen LogP contribution is 2.49. The van der Waals surface area contributed by atoms with Crippen molar-refractivity contribution in [3.05, 3.63) is 35.9 Å². The van der Waals surface area contributed by atoms with Gasteiger partial charge in [0.15, 0.2) is 0 Å². The van der Waals surface area contributed by atoms with Crippen LogP contribution in [0.2, 0.25) is 0 Å². The Bertz CT molecular complexity index is 474. The Morgan fingerprint density at radius 1 is 1.16 bits per heavy atom. The fourth-order valence-electron chi connectivity index (χ4n) is 3.38. The Morgan fingerprint density at radius 2 is 1.84 bits per heavy atom. The second kappa shape index (κ2) is 4.99. The van der Waals surface area contributed by atoms with Gasteiger partial charge in [0.05, 0.1) is 0 Å². The second-order valence-electron chi connectivity index (χ2n) is 5.50. The van der Waals surface area contributed by atoms with Gasteiger partial charge >= 0.3 is 0 Å². The van der Waals surface area contributed by atoms with E-state index in [1.807, 2.05) is 35.2 Å². The maximum atomic E-state index is 12.5. The van der Waals surface area contributed by atoms with Crippen LogP contribution in [0.5, 0.6) is 0 Å². The molecule has 1 aromatic carbocycles. The van der Waals surface area contributed by atoms with Crippen molar-refractivity contribution < 1.29 is 4.79 Å². The van der Waals surface area contributed by atoms with Crippen LogP contribution in [0.3, 0.4) is 0 Å². The average molecular weight is 298 g/mol. The summed E-state index contributed by atoms with van der Waals surface area (Å²) in [5.74, 6) is -0.0302. The van der Waals surface area contributed by atoms with Crippen LogP contribution >= 0.6 is 23.2 Å². The molecule has 2 nitrogen and oxygen atoms in total. The lowest BCUT2D eigenvalue weighted by Crippen LogP contribution is -2.36. The third-order valence-electron chi connectivity index (χ3n) is 4.34. The molecule has 1 heterocycles. The minimum atomic E-state index is -1.22. The predicted molar refractivity (Wildman–Crippen MR) is 77.2 cm³/mol. The first-order chi connectivity index (χ1) is 9.10. The van der Waals surface area contributed by atoms with E-state index in [2.05, 4.69) is 0 Å². The van der Waals surface area contributed by atoms with Gasteiger partial charge in [-0.25, -0.2) is 0 Å². The molecule has 1 aliphatic heterocycles. The van der Waals surface area contributed by atoms with Crippen molar-refractivity contribution in [1.82, 2.24) is 4.90 Å². The molecule has 0 spiro atoms. The molecule has 0 radical (unpaired) electrons. The highest BCUT2D eigenvalue weighted by molar-refractivity contribution is 6.58. The van der Waals surface area contributed by atoms with Crippen molar-refractivity contribution in [2.45, 2.75) is 42.6 Å². The fourth-order valence-corrected chi connectivity index (χ4v) is 4.10. The van der Waals surface area contributed by atoms with E-state index in [-0.39, 0.29) is 17.9 Å². The zero-order valence-electron chi connectivity index (χ0n) is 10.7. The normalized spacial score (nSPS) is 29.4. The van der Waals surface area contributed by atoms with E-state index in [4.69, 9.17) is 23.2 Å². The Labute approximate surface area is 123 Å². The number of hydrogen-bond acceptors (Lipinski definition) is 1. The van der Waals surface area contributed by atoms with Crippen molar-refractivity contribution in [1.29, 1.82) is 0 Å². The number of halogens is 2. The molecule has 2 fully saturated rings. The molecule has 1 aromatic rings. The Balaban J connectivity index is 1.86. The molecule has 102 valence electrons. The largest absolute Gasteiger partial charge is 0.332 e. The van der Waals surface area contributed by atoms with Crippen LogP contribution in [-0.2, 0) is 11.3 Å². The summed E-state index contributed by atoms with van der Waals surface area (Å²) in [7, 11) is 0. The highest BCUT2D eigenvalue weighted by atomic mass is 35.5. The minimum absolute atomic E-state index is 0.0841. The van der Waals surface area contributed by atoms with Gasteiger partial charge in [-0.1, -0.05) is 66.4 Å². The number of amides is 1. The topological polar surface area (TPSA) is 20.3 Å². The molecule has 2 atom stereocenters. The number of rotatable bonds is 2. The number of benzene rings is 1. The zero-order chi connectivity index (χ0) is 13.5. The van der Waals surface area contributed by atoms with Gasteiger partial charge in [0.25, 0.3) is 5.91 Å². The van der Waals surface area contributed by atoms with Crippen LogP contribution in [0.1, 0.15) is 31.2 Å². The van der Waals surface area contributed by atoms with Crippen LogP contribution in [0.15, 0.2) is 30.3 Å². The summed E-state index contributed by atoms with van der Waals surface area (Å²) >= 11 is 12.7. The van der Waals surface area contributed by atoms with E-state index in [1.54, 1.807) is 0 Å². The maximum absolute atomic E-state index is 12.5. The number of nitrogens with zero attached hydrogens (tertiary/aromatic N) is 1. The SMILES string of the molecule is O=C1N(Cc2ccccc2)[C@@H]2CCCC[C@@H]2C1(Cl)Cl. The van der Waals surface area contributed by atoms with E-state index in [1.165, 1.54) is 0 Å². The summed E-state index contributed by atoms with van der Waals surface area (Å²) in [6, 6.07) is 10.2. The van der Waals surface area contributed by atoms with E-state index < -0.39 is 4.33 Å². The molecule has 1 saturated heterocycles. The number of likely N-dealkylation sites (tertiary alicyclic amines) is 1. The first-order valence-corrected chi connectivity index (χ1v) is 7.59. The number of carbonyl (C=O) groups is 1. The Kier molecular flexibility index (Phi) is 3.48. The van der Waals surface area contributed by atoms with Gasteiger partial charge in [-0.05, 0) is 18.4 Å². The first kappa shape index (κ1) is 13.3. The van der Waals surface area contributed by atoms with Gasteiger partial charge < -0.3 is 4.90 Å². The van der Waals surface area contributed by atoms with Gasteiger partial charge in [-0.15, -0.1) is 0 Å². The lowest BCUT2D eigenvalue weighted by atomic mass is 9.84. The average Bonchev–Trinajstić information content (AvgIpc) is 2.62. The van der Waals surface area contributed by atoms with E-state index in [9.17, 15) is 4.79 Å². The smallest absolute Gasteiger partial charge is 0.259 e. The van der Waals surface area contributed by atoms with Gasteiger partial charge in [0, 0.05) is 18.5 Å². The monoisotopic (exact) mass is 297 g/mol. The van der Waals surface area contributed by atoms with Crippen LogP contribution in [0, 0.1) is 5.92 Å². The third kappa shape index (κ3) is 2.25. The van der Waals surface area contributed by atoms with E-state index in [0.29, 0.717) is 6.54 Å². The van der Waals surface area contributed by atoms with Crippen molar-refractivity contribution in [2.24, 2.45) is 5.92 Å². The second-order valence-corrected chi connectivity index (χ2v) is 6.89. The molecule has 0 bridgehead atoms. The first-order valence-electron chi connectivity index (χ1n) is 6.83. The molecule has 19 heavy (non-hydrogen) atoms. The van der Waals surface area contributed by atoms with Crippen molar-refractivity contribution in [2.75, 3.05) is 0 Å². The van der Waals surface area contributed by atoms with Crippen LogP contribution in [0.4, 0.5) is 0 Å². The summed E-state index contributed by atoms with van der Waals surface area (Å²) in [6.45, 7) is 0.613. The van der Waals surface area contributed by atoms with Crippen molar-refractivity contribution >= 4 is 29.1 Å². The van der Waals surface area contributed by atoms with Crippen molar-refractivity contribution in [3.63, 3.8) is 0 Å². The van der Waals surface area contributed by atoms with Gasteiger partial charge in [0.1, 0.15) is 0 Å². The molecule has 1 amide bonds.